The molecule has 2 atom stereocenters. The zero-order valence-electron chi connectivity index (χ0n) is 15.9. The highest BCUT2D eigenvalue weighted by Crippen LogP contribution is 2.44. The van der Waals surface area contributed by atoms with E-state index in [9.17, 15) is 27.9 Å². The monoisotopic (exact) mass is 419 g/mol. The fourth-order valence-corrected chi connectivity index (χ4v) is 4.39. The van der Waals surface area contributed by atoms with Gasteiger partial charge in [-0.3, -0.25) is 4.90 Å². The number of likely N-dealkylation sites (tertiary alicyclic amines) is 1. The molecule has 1 amide bonds. The van der Waals surface area contributed by atoms with Crippen LogP contribution in [0.4, 0.5) is 18.0 Å². The molecular formula is C22H20F3NO4. The van der Waals surface area contributed by atoms with Gasteiger partial charge in [0, 0.05) is 12.5 Å². The number of carbonyl (C=O) groups is 2. The van der Waals surface area contributed by atoms with Crippen molar-refractivity contribution in [3.05, 3.63) is 59.7 Å². The van der Waals surface area contributed by atoms with E-state index in [4.69, 9.17) is 4.74 Å². The Morgan fingerprint density at radius 1 is 1.03 bits per heavy atom. The van der Waals surface area contributed by atoms with Gasteiger partial charge in [0.25, 0.3) is 0 Å². The molecule has 0 radical (unpaired) electrons. The highest BCUT2D eigenvalue weighted by Gasteiger charge is 2.47. The molecule has 8 heteroatoms. The molecule has 5 nitrogen and oxygen atoms in total. The van der Waals surface area contributed by atoms with E-state index in [1.54, 1.807) is 0 Å². The molecule has 2 aromatic carbocycles. The predicted molar refractivity (Wildman–Crippen MR) is 102 cm³/mol. The van der Waals surface area contributed by atoms with Gasteiger partial charge >= 0.3 is 18.2 Å². The maximum absolute atomic E-state index is 13.0. The second-order valence-corrected chi connectivity index (χ2v) is 7.61. The highest BCUT2D eigenvalue weighted by molar-refractivity contribution is 5.81. The number of benzene rings is 2. The van der Waals surface area contributed by atoms with Crippen LogP contribution in [0, 0.1) is 5.92 Å². The van der Waals surface area contributed by atoms with Gasteiger partial charge < -0.3 is 9.84 Å². The molecule has 158 valence electrons. The summed E-state index contributed by atoms with van der Waals surface area (Å²) in [4.78, 5) is 25.0. The first kappa shape index (κ1) is 20.3. The SMILES string of the molecule is O=C(O)[C@@H]1C[C@H](C(F)(F)F)CCN1C(=O)OCC1c2ccccc2-c2ccccc21. The lowest BCUT2D eigenvalue weighted by Gasteiger charge is -2.37. The molecule has 0 saturated carbocycles. The Hall–Kier alpha value is -3.03. The van der Waals surface area contributed by atoms with Crippen molar-refractivity contribution in [2.75, 3.05) is 13.2 Å². The number of aliphatic carboxylic acids is 1. The predicted octanol–water partition coefficient (Wildman–Crippen LogP) is 4.66. The number of amides is 1. The van der Waals surface area contributed by atoms with Gasteiger partial charge in [-0.25, -0.2) is 9.59 Å². The molecule has 1 aliphatic carbocycles. The van der Waals surface area contributed by atoms with E-state index in [0.29, 0.717) is 0 Å². The van der Waals surface area contributed by atoms with Crippen molar-refractivity contribution in [2.24, 2.45) is 5.92 Å². The van der Waals surface area contributed by atoms with Gasteiger partial charge in [0.2, 0.25) is 0 Å². The van der Waals surface area contributed by atoms with Crippen molar-refractivity contribution < 1.29 is 32.6 Å². The van der Waals surface area contributed by atoms with E-state index in [1.807, 2.05) is 48.5 Å². The van der Waals surface area contributed by atoms with E-state index in [2.05, 4.69) is 0 Å². The summed E-state index contributed by atoms with van der Waals surface area (Å²) < 4.78 is 44.5. The van der Waals surface area contributed by atoms with Crippen molar-refractivity contribution in [1.29, 1.82) is 0 Å². The van der Waals surface area contributed by atoms with Gasteiger partial charge in [-0.15, -0.1) is 0 Å². The lowest BCUT2D eigenvalue weighted by atomic mass is 9.90. The fraction of sp³-hybridized carbons (Fsp3) is 0.364. The molecule has 0 spiro atoms. The van der Waals surface area contributed by atoms with E-state index in [-0.39, 0.29) is 25.5 Å². The number of piperidine rings is 1. The summed E-state index contributed by atoms with van der Waals surface area (Å²) in [5.74, 6) is -3.41. The van der Waals surface area contributed by atoms with Gasteiger partial charge in [0.15, 0.2) is 0 Å². The molecule has 0 unspecified atom stereocenters. The van der Waals surface area contributed by atoms with Crippen LogP contribution in [0.1, 0.15) is 29.9 Å². The van der Waals surface area contributed by atoms with Gasteiger partial charge in [-0.1, -0.05) is 48.5 Å². The minimum absolute atomic E-state index is 0.0155. The Morgan fingerprint density at radius 2 is 1.60 bits per heavy atom. The number of fused-ring (bicyclic) bond motifs is 3. The molecule has 2 aliphatic rings. The molecule has 4 rings (SSSR count). The molecule has 1 saturated heterocycles. The van der Waals surface area contributed by atoms with Gasteiger partial charge in [0.05, 0.1) is 5.92 Å². The highest BCUT2D eigenvalue weighted by atomic mass is 19.4. The number of halogens is 3. The zero-order valence-corrected chi connectivity index (χ0v) is 15.9. The minimum atomic E-state index is -4.49. The first-order valence-electron chi connectivity index (χ1n) is 9.68. The number of carbonyl (C=O) groups excluding carboxylic acids is 1. The Morgan fingerprint density at radius 3 is 2.13 bits per heavy atom. The quantitative estimate of drug-likeness (QED) is 0.786. The number of nitrogens with zero attached hydrogens (tertiary/aromatic N) is 1. The molecule has 1 heterocycles. The van der Waals surface area contributed by atoms with Crippen LogP contribution in [0.2, 0.25) is 0 Å². The average Bonchev–Trinajstić information content (AvgIpc) is 3.04. The first-order chi connectivity index (χ1) is 14.3. The van der Waals surface area contributed by atoms with Crippen LogP contribution in [0.5, 0.6) is 0 Å². The maximum atomic E-state index is 13.0. The normalized spacial score (nSPS) is 21.1. The molecule has 2 aromatic rings. The number of ether oxygens (including phenoxy) is 1. The molecule has 30 heavy (non-hydrogen) atoms. The number of alkyl halides is 3. The van der Waals surface area contributed by atoms with E-state index >= 15 is 0 Å². The Labute approximate surface area is 171 Å². The summed E-state index contributed by atoms with van der Waals surface area (Å²) in [7, 11) is 0. The topological polar surface area (TPSA) is 66.8 Å². The Kier molecular flexibility index (Phi) is 5.17. The summed E-state index contributed by atoms with van der Waals surface area (Å²) in [6.07, 6.45) is -6.38. The molecule has 1 N–H and O–H groups in total. The third-order valence-electron chi connectivity index (χ3n) is 5.92. The summed E-state index contributed by atoms with van der Waals surface area (Å²) in [5, 5.41) is 9.36. The van der Waals surface area contributed by atoms with Crippen molar-refractivity contribution in [2.45, 2.75) is 31.0 Å². The van der Waals surface area contributed by atoms with Crippen molar-refractivity contribution in [3.8, 4) is 11.1 Å². The molecular weight excluding hydrogens is 399 g/mol. The van der Waals surface area contributed by atoms with Crippen LogP contribution in [-0.4, -0.2) is 47.4 Å². The van der Waals surface area contributed by atoms with Crippen LogP contribution in [0.25, 0.3) is 11.1 Å². The van der Waals surface area contributed by atoms with E-state index in [0.717, 1.165) is 27.2 Å². The second-order valence-electron chi connectivity index (χ2n) is 7.61. The van der Waals surface area contributed by atoms with Crippen molar-refractivity contribution in [3.63, 3.8) is 0 Å². The number of carboxylic acids is 1. The summed E-state index contributed by atoms with van der Waals surface area (Å²) in [6.45, 7) is -0.323. The summed E-state index contributed by atoms with van der Waals surface area (Å²) >= 11 is 0. The first-order valence-corrected chi connectivity index (χ1v) is 9.68. The molecule has 1 fully saturated rings. The number of hydrogen-bond acceptors (Lipinski definition) is 3. The molecule has 1 aliphatic heterocycles. The lowest BCUT2D eigenvalue weighted by Crippen LogP contribution is -2.52. The largest absolute Gasteiger partial charge is 0.480 e. The van der Waals surface area contributed by atoms with Crippen LogP contribution >= 0.6 is 0 Å². The van der Waals surface area contributed by atoms with Gasteiger partial charge in [-0.05, 0) is 35.1 Å². The third-order valence-corrected chi connectivity index (χ3v) is 5.92. The Bertz CT molecular complexity index is 929. The second kappa shape index (κ2) is 7.66. The smallest absolute Gasteiger partial charge is 0.410 e. The number of carboxylic acid groups (broad SMARTS) is 1. The standard InChI is InChI=1S/C22H20F3NO4/c23-22(24,25)13-9-10-26(19(11-13)20(27)28)21(29)30-12-18-16-7-3-1-5-14(16)15-6-2-4-8-17(15)18/h1-8,13,18-19H,9-12H2,(H,27,28)/t13-,19+/m1/s1. The van der Waals surface area contributed by atoms with Crippen LogP contribution in [-0.2, 0) is 9.53 Å². The van der Waals surface area contributed by atoms with E-state index in [1.165, 1.54) is 0 Å². The van der Waals surface area contributed by atoms with Crippen molar-refractivity contribution >= 4 is 12.1 Å². The average molecular weight is 419 g/mol. The van der Waals surface area contributed by atoms with E-state index < -0.39 is 36.6 Å². The minimum Gasteiger partial charge on any atom is -0.480 e. The number of hydrogen-bond donors (Lipinski definition) is 1. The van der Waals surface area contributed by atoms with Gasteiger partial charge in [-0.2, -0.15) is 13.2 Å². The molecule has 0 bridgehead atoms. The van der Waals surface area contributed by atoms with Gasteiger partial charge in [0.1, 0.15) is 12.6 Å². The lowest BCUT2D eigenvalue weighted by molar-refractivity contribution is -0.191. The number of rotatable bonds is 3. The van der Waals surface area contributed by atoms with Crippen LogP contribution in [0.15, 0.2) is 48.5 Å². The van der Waals surface area contributed by atoms with Crippen molar-refractivity contribution in [1.82, 2.24) is 4.90 Å². The molecule has 0 aromatic heterocycles. The maximum Gasteiger partial charge on any atom is 0.410 e. The van der Waals surface area contributed by atoms with Crippen LogP contribution in [0.3, 0.4) is 0 Å². The fourth-order valence-electron chi connectivity index (χ4n) is 4.39. The Balaban J connectivity index is 1.49. The summed E-state index contributed by atoms with van der Waals surface area (Å²) in [5.41, 5.74) is 4.08. The summed E-state index contributed by atoms with van der Waals surface area (Å²) in [6, 6.07) is 13.9. The van der Waals surface area contributed by atoms with Crippen LogP contribution < -0.4 is 0 Å². The third kappa shape index (κ3) is 3.62. The zero-order chi connectivity index (χ0) is 21.5.